The third kappa shape index (κ3) is 3.35. The highest BCUT2D eigenvalue weighted by Gasteiger charge is 2.29. The van der Waals surface area contributed by atoms with Crippen LogP contribution in [0.25, 0.3) is 11.0 Å². The molecule has 1 aliphatic rings. The van der Waals surface area contributed by atoms with Crippen molar-refractivity contribution in [3.63, 3.8) is 0 Å². The number of nitrogens with one attached hydrogen (secondary N) is 1. The molecule has 4 rings (SSSR count). The lowest BCUT2D eigenvalue weighted by Gasteiger charge is -2.30. The summed E-state index contributed by atoms with van der Waals surface area (Å²) >= 11 is 0. The van der Waals surface area contributed by atoms with Crippen LogP contribution >= 0.6 is 0 Å². The third-order valence-corrected chi connectivity index (χ3v) is 6.43. The average molecular weight is 390 g/mol. The van der Waals surface area contributed by atoms with E-state index in [1.807, 2.05) is 18.5 Å². The van der Waals surface area contributed by atoms with Crippen molar-refractivity contribution in [2.45, 2.75) is 36.8 Å². The maximum Gasteiger partial charge on any atom is 0.242 e. The first-order chi connectivity index (χ1) is 12.8. The van der Waals surface area contributed by atoms with Gasteiger partial charge in [0.2, 0.25) is 10.0 Å². The first-order valence-corrected chi connectivity index (χ1v) is 10.2. The SMILES string of the molecule is Cc1nn(C)c2ncc(S(=O)(=O)N[C@@H]3CCO[C@H](c4cncn4C)C3)cc12. The van der Waals surface area contributed by atoms with Crippen molar-refractivity contribution in [2.24, 2.45) is 14.1 Å². The second-order valence-corrected chi connectivity index (χ2v) is 8.60. The number of pyridine rings is 1. The van der Waals surface area contributed by atoms with Gasteiger partial charge in [0.05, 0.1) is 23.9 Å². The number of hydrogen-bond donors (Lipinski definition) is 1. The van der Waals surface area contributed by atoms with E-state index < -0.39 is 10.0 Å². The van der Waals surface area contributed by atoms with Crippen molar-refractivity contribution in [1.82, 2.24) is 29.0 Å². The zero-order valence-electron chi connectivity index (χ0n) is 15.5. The first-order valence-electron chi connectivity index (χ1n) is 8.74. The van der Waals surface area contributed by atoms with Crippen molar-refractivity contribution in [2.75, 3.05) is 6.61 Å². The Morgan fingerprint density at radius 3 is 2.85 bits per heavy atom. The topological polar surface area (TPSA) is 104 Å². The Hall–Kier alpha value is -2.30. The number of hydrogen-bond acceptors (Lipinski definition) is 6. The molecule has 0 aliphatic carbocycles. The third-order valence-electron chi connectivity index (χ3n) is 4.94. The number of nitrogens with zero attached hydrogens (tertiary/aromatic N) is 5. The van der Waals surface area contributed by atoms with Crippen LogP contribution in [0.5, 0.6) is 0 Å². The summed E-state index contributed by atoms with van der Waals surface area (Å²) in [6, 6.07) is 1.42. The lowest BCUT2D eigenvalue weighted by atomic mass is 10.0. The van der Waals surface area contributed by atoms with Crippen LogP contribution in [-0.4, -0.2) is 45.4 Å². The molecule has 1 N–H and O–H groups in total. The van der Waals surface area contributed by atoms with Gasteiger partial charge in [-0.2, -0.15) is 5.10 Å². The van der Waals surface area contributed by atoms with Gasteiger partial charge in [0.25, 0.3) is 0 Å². The minimum absolute atomic E-state index is 0.148. The Bertz CT molecular complexity index is 1090. The van der Waals surface area contributed by atoms with Gasteiger partial charge in [-0.05, 0) is 25.8 Å². The van der Waals surface area contributed by atoms with Crippen LogP contribution in [0.2, 0.25) is 0 Å². The second-order valence-electron chi connectivity index (χ2n) is 6.88. The van der Waals surface area contributed by atoms with Gasteiger partial charge < -0.3 is 9.30 Å². The molecule has 0 saturated carbocycles. The second kappa shape index (κ2) is 6.70. The molecule has 10 heteroatoms. The summed E-state index contributed by atoms with van der Waals surface area (Å²) in [6.07, 6.45) is 5.84. The smallest absolute Gasteiger partial charge is 0.242 e. The molecule has 0 aromatic carbocycles. The number of ether oxygens (including phenoxy) is 1. The van der Waals surface area contributed by atoms with Crippen LogP contribution < -0.4 is 4.72 Å². The highest BCUT2D eigenvalue weighted by atomic mass is 32.2. The summed E-state index contributed by atoms with van der Waals surface area (Å²) in [7, 11) is -0.00229. The molecule has 1 saturated heterocycles. The highest BCUT2D eigenvalue weighted by Crippen LogP contribution is 2.28. The standard InChI is InChI=1S/C17H22N6O3S/c1-11-14-7-13(8-19-17(14)23(3)20-11)27(24,25)21-12-4-5-26-16(6-12)15-9-18-10-22(15)2/h7-10,12,16,21H,4-6H2,1-3H3/t12-,16+/m1/s1. The highest BCUT2D eigenvalue weighted by molar-refractivity contribution is 7.89. The van der Waals surface area contributed by atoms with E-state index in [2.05, 4.69) is 19.8 Å². The maximum absolute atomic E-state index is 12.9. The Morgan fingerprint density at radius 1 is 1.30 bits per heavy atom. The summed E-state index contributed by atoms with van der Waals surface area (Å²) in [6.45, 7) is 2.33. The molecular formula is C17H22N6O3S. The molecule has 0 amide bonds. The Morgan fingerprint density at radius 2 is 2.11 bits per heavy atom. The number of fused-ring (bicyclic) bond motifs is 1. The van der Waals surface area contributed by atoms with E-state index in [9.17, 15) is 8.42 Å². The van der Waals surface area contributed by atoms with Gasteiger partial charge in [-0.15, -0.1) is 0 Å². The van der Waals surface area contributed by atoms with Gasteiger partial charge >= 0.3 is 0 Å². The molecular weight excluding hydrogens is 368 g/mol. The number of rotatable bonds is 4. The van der Waals surface area contributed by atoms with Crippen molar-refractivity contribution in [3.8, 4) is 0 Å². The van der Waals surface area contributed by atoms with Crippen LogP contribution in [0.15, 0.2) is 29.7 Å². The number of imidazole rings is 1. The van der Waals surface area contributed by atoms with Gasteiger partial charge in [-0.25, -0.2) is 23.1 Å². The van der Waals surface area contributed by atoms with E-state index in [4.69, 9.17) is 4.74 Å². The Balaban J connectivity index is 1.56. The quantitative estimate of drug-likeness (QED) is 0.718. The monoisotopic (exact) mass is 390 g/mol. The Labute approximate surface area is 157 Å². The van der Waals surface area contributed by atoms with Crippen LogP contribution in [0, 0.1) is 6.92 Å². The zero-order chi connectivity index (χ0) is 19.2. The average Bonchev–Trinajstić information content (AvgIpc) is 3.18. The predicted molar refractivity (Wildman–Crippen MR) is 98.5 cm³/mol. The summed E-state index contributed by atoms with van der Waals surface area (Å²) < 4.78 is 37.9. The fourth-order valence-corrected chi connectivity index (χ4v) is 4.76. The van der Waals surface area contributed by atoms with E-state index in [1.54, 1.807) is 30.3 Å². The van der Waals surface area contributed by atoms with Gasteiger partial charge in [0, 0.05) is 38.3 Å². The molecule has 3 aromatic rings. The lowest BCUT2D eigenvalue weighted by Crippen LogP contribution is -2.40. The largest absolute Gasteiger partial charge is 0.372 e. The van der Waals surface area contributed by atoms with Crippen LogP contribution in [0.1, 0.15) is 30.3 Å². The van der Waals surface area contributed by atoms with Gasteiger partial charge in [-0.3, -0.25) is 4.68 Å². The van der Waals surface area contributed by atoms with Crippen molar-refractivity contribution in [1.29, 1.82) is 0 Å². The predicted octanol–water partition coefficient (Wildman–Crippen LogP) is 1.21. The normalized spacial score (nSPS) is 21.0. The van der Waals surface area contributed by atoms with E-state index in [0.717, 1.165) is 16.8 Å². The van der Waals surface area contributed by atoms with E-state index >= 15 is 0 Å². The van der Waals surface area contributed by atoms with E-state index in [1.165, 1.54) is 6.20 Å². The molecule has 0 unspecified atom stereocenters. The molecule has 0 radical (unpaired) electrons. The first kappa shape index (κ1) is 18.1. The van der Waals surface area contributed by atoms with Crippen molar-refractivity contribution >= 4 is 21.1 Å². The lowest BCUT2D eigenvalue weighted by molar-refractivity contribution is -0.0000447. The fourth-order valence-electron chi connectivity index (χ4n) is 3.51. The minimum Gasteiger partial charge on any atom is -0.372 e. The van der Waals surface area contributed by atoms with E-state index in [0.29, 0.717) is 25.1 Å². The van der Waals surface area contributed by atoms with Gasteiger partial charge in [-0.1, -0.05) is 0 Å². The molecule has 0 bridgehead atoms. The molecule has 4 heterocycles. The number of aromatic nitrogens is 5. The van der Waals surface area contributed by atoms with Crippen molar-refractivity contribution < 1.29 is 13.2 Å². The number of sulfonamides is 1. The molecule has 0 spiro atoms. The molecule has 2 atom stereocenters. The van der Waals surface area contributed by atoms with Crippen molar-refractivity contribution in [3.05, 3.63) is 36.2 Å². The molecule has 9 nitrogen and oxygen atoms in total. The molecule has 1 aliphatic heterocycles. The summed E-state index contributed by atoms with van der Waals surface area (Å²) in [5.74, 6) is 0. The summed E-state index contributed by atoms with van der Waals surface area (Å²) in [4.78, 5) is 8.53. The molecule has 27 heavy (non-hydrogen) atoms. The Kier molecular flexibility index (Phi) is 4.49. The van der Waals surface area contributed by atoms with Crippen LogP contribution in [0.3, 0.4) is 0 Å². The maximum atomic E-state index is 12.9. The van der Waals surface area contributed by atoms with E-state index in [-0.39, 0.29) is 17.0 Å². The number of aryl methyl sites for hydroxylation is 3. The summed E-state index contributed by atoms with van der Waals surface area (Å²) in [5, 5.41) is 5.03. The minimum atomic E-state index is -3.69. The molecule has 144 valence electrons. The molecule has 1 fully saturated rings. The summed E-state index contributed by atoms with van der Waals surface area (Å²) in [5.41, 5.74) is 2.35. The molecule has 3 aromatic heterocycles. The van der Waals surface area contributed by atoms with Gasteiger partial charge in [0.1, 0.15) is 11.0 Å². The zero-order valence-corrected chi connectivity index (χ0v) is 16.3. The van der Waals surface area contributed by atoms with Crippen LogP contribution in [-0.2, 0) is 28.9 Å². The fraction of sp³-hybridized carbons (Fsp3) is 0.471. The van der Waals surface area contributed by atoms with Gasteiger partial charge in [0.15, 0.2) is 5.65 Å². The van der Waals surface area contributed by atoms with Crippen LogP contribution in [0.4, 0.5) is 0 Å².